The Bertz CT molecular complexity index is 181. The van der Waals surface area contributed by atoms with Gasteiger partial charge in [0.15, 0.2) is 0 Å². The number of ketones is 1. The summed E-state index contributed by atoms with van der Waals surface area (Å²) in [5.74, 6) is 0.327. The summed E-state index contributed by atoms with van der Waals surface area (Å²) in [5, 5.41) is 3.32. The van der Waals surface area contributed by atoms with Crippen molar-refractivity contribution in [2.75, 3.05) is 0 Å². The third-order valence-electron chi connectivity index (χ3n) is 1.95. The van der Waals surface area contributed by atoms with Gasteiger partial charge in [-0.05, 0) is 6.92 Å². The Morgan fingerprint density at radius 2 is 1.71 bits per heavy atom. The smallest absolute Gasteiger partial charge is 1.00 e. The van der Waals surface area contributed by atoms with Crippen LogP contribution in [0.3, 0.4) is 0 Å². The van der Waals surface area contributed by atoms with Gasteiger partial charge in [0.2, 0.25) is 0 Å². The molecule has 0 fully saturated rings. The van der Waals surface area contributed by atoms with Crippen LogP contribution in [0.25, 0.3) is 0 Å². The Kier molecular flexibility index (Phi) is 9.39. The Labute approximate surface area is 132 Å². The number of Topliss-reactive ketones (excluding diaryl/α,β-unsaturated/α-hetero) is 1. The number of hydrogen-bond acceptors (Lipinski definition) is 2. The molecule has 0 aliphatic heterocycles. The van der Waals surface area contributed by atoms with E-state index >= 15 is 0 Å². The minimum atomic E-state index is -0.201. The molecule has 82 valence electrons. The molecule has 1 unspecified atom stereocenters. The maximum Gasteiger partial charge on any atom is 2.00 e. The zero-order valence-corrected chi connectivity index (χ0v) is 14.9. The van der Waals surface area contributed by atoms with Crippen LogP contribution in [0.4, 0.5) is 0 Å². The van der Waals surface area contributed by atoms with Crippen LogP contribution in [-0.4, -0.2) is 66.7 Å². The third kappa shape index (κ3) is 8.50. The Hall–Kier alpha value is 1.20. The molecule has 0 radical (unpaired) electrons. The van der Waals surface area contributed by atoms with Crippen LogP contribution in [0, 0.1) is 5.41 Å². The van der Waals surface area contributed by atoms with E-state index in [-0.39, 0.29) is 63.2 Å². The molecule has 0 heterocycles. The molecule has 3 heteroatoms. The van der Waals surface area contributed by atoms with Crippen molar-refractivity contribution in [1.29, 1.82) is 0 Å². The van der Waals surface area contributed by atoms with Gasteiger partial charge in [0.1, 0.15) is 5.78 Å². The van der Waals surface area contributed by atoms with E-state index in [4.69, 9.17) is 0 Å². The summed E-state index contributed by atoms with van der Waals surface area (Å²) in [5.41, 5.74) is -0.201. The molecule has 2 nitrogen and oxygen atoms in total. The van der Waals surface area contributed by atoms with Crippen molar-refractivity contribution in [3.63, 3.8) is 0 Å². The van der Waals surface area contributed by atoms with Crippen LogP contribution in [0.1, 0.15) is 50.8 Å². The van der Waals surface area contributed by atoms with Crippen LogP contribution in [-0.2, 0) is 4.79 Å². The standard InChI is InChI=1S/C11H23NO.Ba.2H/c1-8(2)12-9(3)7-10(13)11(4,5)6;;;/h8-9,12H,7H2,1-6H3;;;/q;+2;2*-1. The first kappa shape index (κ1) is 17.6. The third-order valence-corrected chi connectivity index (χ3v) is 1.95. The quantitative estimate of drug-likeness (QED) is 0.804. The first-order valence-electron chi connectivity index (χ1n) is 5.03. The minimum Gasteiger partial charge on any atom is -1.00 e. The van der Waals surface area contributed by atoms with E-state index in [1.165, 1.54) is 0 Å². The molecule has 0 aromatic rings. The molecule has 0 saturated heterocycles. The minimum absolute atomic E-state index is 0. The zero-order chi connectivity index (χ0) is 10.6. The Morgan fingerprint density at radius 1 is 1.29 bits per heavy atom. The predicted octanol–water partition coefficient (Wildman–Crippen LogP) is 2.22. The fraction of sp³-hybridized carbons (Fsp3) is 0.909. The molecule has 0 bridgehead atoms. The molecule has 0 saturated carbocycles. The number of rotatable bonds is 4. The van der Waals surface area contributed by atoms with Crippen molar-refractivity contribution in [2.45, 2.75) is 60.0 Å². The van der Waals surface area contributed by atoms with Crippen LogP contribution >= 0.6 is 0 Å². The van der Waals surface area contributed by atoms with Gasteiger partial charge in [0.25, 0.3) is 0 Å². The molecule has 1 atom stereocenters. The summed E-state index contributed by atoms with van der Waals surface area (Å²) in [6.45, 7) is 12.2. The van der Waals surface area contributed by atoms with Crippen LogP contribution < -0.4 is 5.32 Å². The van der Waals surface area contributed by atoms with E-state index in [1.54, 1.807) is 0 Å². The van der Waals surface area contributed by atoms with Gasteiger partial charge in [-0.3, -0.25) is 4.79 Å². The second kappa shape index (κ2) is 7.47. The van der Waals surface area contributed by atoms with Gasteiger partial charge in [-0.15, -0.1) is 0 Å². The van der Waals surface area contributed by atoms with Crippen molar-refractivity contribution in [2.24, 2.45) is 5.41 Å². The number of hydrogen-bond donors (Lipinski definition) is 1. The summed E-state index contributed by atoms with van der Waals surface area (Å²) < 4.78 is 0. The van der Waals surface area contributed by atoms with Gasteiger partial charge in [0.05, 0.1) is 0 Å². The Morgan fingerprint density at radius 3 is 2.00 bits per heavy atom. The molecule has 14 heavy (non-hydrogen) atoms. The normalized spacial score (nSPS) is 13.6. The van der Waals surface area contributed by atoms with Crippen molar-refractivity contribution in [3.8, 4) is 0 Å². The maximum absolute atomic E-state index is 11.6. The van der Waals surface area contributed by atoms with Gasteiger partial charge in [-0.25, -0.2) is 0 Å². The van der Waals surface area contributed by atoms with Gasteiger partial charge in [-0.1, -0.05) is 34.6 Å². The van der Waals surface area contributed by atoms with E-state index in [0.29, 0.717) is 18.2 Å². The van der Waals surface area contributed by atoms with Crippen molar-refractivity contribution >= 4 is 54.7 Å². The van der Waals surface area contributed by atoms with E-state index in [2.05, 4.69) is 26.1 Å². The topological polar surface area (TPSA) is 29.1 Å². The number of nitrogens with one attached hydrogen (secondary N) is 1. The fourth-order valence-corrected chi connectivity index (χ4v) is 1.21. The van der Waals surface area contributed by atoms with Gasteiger partial charge in [0, 0.05) is 23.9 Å². The molecular weight excluding hydrogens is 299 g/mol. The fourth-order valence-electron chi connectivity index (χ4n) is 1.21. The molecule has 0 rings (SSSR count). The summed E-state index contributed by atoms with van der Waals surface area (Å²) in [4.78, 5) is 11.6. The largest absolute Gasteiger partial charge is 2.00 e. The molecule has 0 aromatic heterocycles. The average Bonchev–Trinajstić information content (AvgIpc) is 1.82. The van der Waals surface area contributed by atoms with E-state index in [0.717, 1.165) is 0 Å². The molecule has 0 spiro atoms. The van der Waals surface area contributed by atoms with Crippen molar-refractivity contribution in [1.82, 2.24) is 5.32 Å². The zero-order valence-electron chi connectivity index (χ0n) is 12.5. The maximum atomic E-state index is 11.6. The monoisotopic (exact) mass is 325 g/mol. The summed E-state index contributed by atoms with van der Waals surface area (Å²) in [7, 11) is 0. The summed E-state index contributed by atoms with van der Waals surface area (Å²) in [6.07, 6.45) is 0.627. The van der Waals surface area contributed by atoms with Crippen LogP contribution in [0.15, 0.2) is 0 Å². The van der Waals surface area contributed by atoms with Crippen molar-refractivity contribution < 1.29 is 7.65 Å². The van der Waals surface area contributed by atoms with E-state index < -0.39 is 0 Å². The van der Waals surface area contributed by atoms with Gasteiger partial charge < -0.3 is 8.17 Å². The molecule has 0 aliphatic rings. The second-order valence-corrected chi connectivity index (χ2v) is 5.10. The molecular formula is C11H25BaNO. The Balaban J connectivity index is -0.000000240. The number of carbonyl (C=O) groups excluding carboxylic acids is 1. The van der Waals surface area contributed by atoms with Gasteiger partial charge in [-0.2, -0.15) is 0 Å². The average molecular weight is 325 g/mol. The van der Waals surface area contributed by atoms with Gasteiger partial charge >= 0.3 is 48.9 Å². The SMILES string of the molecule is CC(C)NC(C)CC(=O)C(C)(C)C.[Ba+2].[H-].[H-]. The summed E-state index contributed by atoms with van der Waals surface area (Å²) >= 11 is 0. The summed E-state index contributed by atoms with van der Waals surface area (Å²) in [6, 6.07) is 0.731. The van der Waals surface area contributed by atoms with Crippen LogP contribution in [0.5, 0.6) is 0 Å². The van der Waals surface area contributed by atoms with E-state index in [9.17, 15) is 4.79 Å². The molecule has 1 N–H and O–H groups in total. The van der Waals surface area contributed by atoms with E-state index in [1.807, 2.05) is 20.8 Å². The number of carbonyl (C=O) groups is 1. The van der Waals surface area contributed by atoms with Crippen molar-refractivity contribution in [3.05, 3.63) is 0 Å². The predicted molar refractivity (Wildman–Crippen MR) is 64.8 cm³/mol. The first-order chi connectivity index (χ1) is 5.73. The molecule has 0 aromatic carbocycles. The first-order valence-corrected chi connectivity index (χ1v) is 5.03. The second-order valence-electron chi connectivity index (χ2n) is 5.10. The molecule has 0 aliphatic carbocycles. The molecule has 0 amide bonds. The van der Waals surface area contributed by atoms with Crippen LogP contribution in [0.2, 0.25) is 0 Å².